The monoisotopic (exact) mass is 296 g/mol. The van der Waals surface area contributed by atoms with E-state index in [2.05, 4.69) is 4.72 Å². The standard InChI is InChI=1S/C12H9FN2O4S/c13-9-6-7-12(11(8-9)15(16)17)20(18,19)14-10-4-2-1-3-5-10/h1-8,14H. The molecule has 20 heavy (non-hydrogen) atoms. The number of hydrogen-bond acceptors (Lipinski definition) is 4. The van der Waals surface area contributed by atoms with Gasteiger partial charge in [-0.15, -0.1) is 0 Å². The number of rotatable bonds is 4. The van der Waals surface area contributed by atoms with Crippen LogP contribution in [-0.4, -0.2) is 13.3 Å². The highest BCUT2D eigenvalue weighted by atomic mass is 32.2. The van der Waals surface area contributed by atoms with Crippen LogP contribution in [0.3, 0.4) is 0 Å². The summed E-state index contributed by atoms with van der Waals surface area (Å²) >= 11 is 0. The zero-order chi connectivity index (χ0) is 14.8. The maximum Gasteiger partial charge on any atom is 0.292 e. The fraction of sp³-hybridized carbons (Fsp3) is 0. The topological polar surface area (TPSA) is 89.3 Å². The van der Waals surface area contributed by atoms with Gasteiger partial charge in [0.2, 0.25) is 0 Å². The Morgan fingerprint density at radius 3 is 2.35 bits per heavy atom. The molecule has 0 amide bonds. The minimum atomic E-state index is -4.16. The van der Waals surface area contributed by atoms with Crippen LogP contribution in [0, 0.1) is 15.9 Å². The number of nitro groups is 1. The first-order valence-electron chi connectivity index (χ1n) is 5.42. The molecular formula is C12H9FN2O4S. The van der Waals surface area contributed by atoms with Gasteiger partial charge in [0.15, 0.2) is 4.90 Å². The molecule has 8 heteroatoms. The molecule has 0 aliphatic rings. The van der Waals surface area contributed by atoms with Gasteiger partial charge in [0.1, 0.15) is 5.82 Å². The van der Waals surface area contributed by atoms with Gasteiger partial charge in [0, 0.05) is 5.69 Å². The first-order valence-corrected chi connectivity index (χ1v) is 6.90. The van der Waals surface area contributed by atoms with Crippen molar-refractivity contribution in [3.05, 3.63) is 64.5 Å². The Kier molecular flexibility index (Phi) is 3.66. The highest BCUT2D eigenvalue weighted by molar-refractivity contribution is 7.92. The van der Waals surface area contributed by atoms with Crippen molar-refractivity contribution in [2.45, 2.75) is 4.90 Å². The van der Waals surface area contributed by atoms with Crippen LogP contribution in [0.5, 0.6) is 0 Å². The van der Waals surface area contributed by atoms with E-state index in [4.69, 9.17) is 0 Å². The molecule has 0 unspecified atom stereocenters. The zero-order valence-electron chi connectivity index (χ0n) is 9.99. The molecule has 2 rings (SSSR count). The van der Waals surface area contributed by atoms with Gasteiger partial charge < -0.3 is 0 Å². The predicted octanol–water partition coefficient (Wildman–Crippen LogP) is 2.53. The van der Waals surface area contributed by atoms with Crippen LogP contribution < -0.4 is 4.72 Å². The quantitative estimate of drug-likeness (QED) is 0.693. The minimum absolute atomic E-state index is 0.256. The van der Waals surface area contributed by atoms with Gasteiger partial charge in [0.05, 0.1) is 11.0 Å². The molecule has 0 fully saturated rings. The molecule has 0 aliphatic carbocycles. The molecule has 0 bridgehead atoms. The Labute approximate surface area is 114 Å². The van der Waals surface area contributed by atoms with E-state index in [0.29, 0.717) is 6.07 Å². The van der Waals surface area contributed by atoms with Gasteiger partial charge in [-0.1, -0.05) is 18.2 Å². The summed E-state index contributed by atoms with van der Waals surface area (Å²) < 4.78 is 39.4. The van der Waals surface area contributed by atoms with Gasteiger partial charge in [-0.25, -0.2) is 12.8 Å². The second-order valence-electron chi connectivity index (χ2n) is 3.84. The lowest BCUT2D eigenvalue weighted by molar-refractivity contribution is -0.388. The fourth-order valence-electron chi connectivity index (χ4n) is 1.58. The van der Waals surface area contributed by atoms with Crippen LogP contribution in [0.25, 0.3) is 0 Å². The number of nitrogens with one attached hydrogen (secondary N) is 1. The maximum atomic E-state index is 13.0. The first kappa shape index (κ1) is 13.9. The van der Waals surface area contributed by atoms with Crippen molar-refractivity contribution in [3.63, 3.8) is 0 Å². The van der Waals surface area contributed by atoms with Crippen LogP contribution in [-0.2, 0) is 10.0 Å². The molecule has 6 nitrogen and oxygen atoms in total. The van der Waals surface area contributed by atoms with E-state index in [1.807, 2.05) is 0 Å². The molecule has 0 aromatic heterocycles. The van der Waals surface area contributed by atoms with Gasteiger partial charge in [0.25, 0.3) is 15.7 Å². The third-order valence-corrected chi connectivity index (χ3v) is 3.86. The van der Waals surface area contributed by atoms with Crippen LogP contribution in [0.4, 0.5) is 15.8 Å². The summed E-state index contributed by atoms with van der Waals surface area (Å²) in [6, 6.07) is 10.2. The largest absolute Gasteiger partial charge is 0.292 e. The van der Waals surface area contributed by atoms with Crippen LogP contribution in [0.2, 0.25) is 0 Å². The van der Waals surface area contributed by atoms with Gasteiger partial charge in [-0.2, -0.15) is 0 Å². The molecule has 0 radical (unpaired) electrons. The molecule has 2 aromatic carbocycles. The average molecular weight is 296 g/mol. The number of para-hydroxylation sites is 1. The van der Waals surface area contributed by atoms with Crippen molar-refractivity contribution in [1.82, 2.24) is 0 Å². The van der Waals surface area contributed by atoms with Crippen LogP contribution >= 0.6 is 0 Å². The molecule has 0 atom stereocenters. The van der Waals surface area contributed by atoms with Crippen LogP contribution in [0.1, 0.15) is 0 Å². The summed E-state index contributed by atoms with van der Waals surface area (Å²) in [5.41, 5.74) is -0.556. The van der Waals surface area contributed by atoms with Crippen molar-refractivity contribution in [1.29, 1.82) is 0 Å². The van der Waals surface area contributed by atoms with Crippen molar-refractivity contribution < 1.29 is 17.7 Å². The lowest BCUT2D eigenvalue weighted by Gasteiger charge is -2.08. The number of nitro benzene ring substituents is 1. The lowest BCUT2D eigenvalue weighted by Crippen LogP contribution is -2.14. The smallest absolute Gasteiger partial charge is 0.279 e. The Bertz CT molecular complexity index is 747. The highest BCUT2D eigenvalue weighted by Gasteiger charge is 2.26. The molecular weight excluding hydrogens is 287 g/mol. The Morgan fingerprint density at radius 1 is 1.10 bits per heavy atom. The molecule has 0 heterocycles. The Balaban J connectivity index is 2.47. The Hall–Kier alpha value is -2.48. The maximum absolute atomic E-state index is 13.0. The molecule has 104 valence electrons. The SMILES string of the molecule is O=[N+]([O-])c1cc(F)ccc1S(=O)(=O)Nc1ccccc1. The van der Waals surface area contributed by atoms with E-state index < -0.39 is 31.3 Å². The number of halogens is 1. The number of sulfonamides is 1. The first-order chi connectivity index (χ1) is 9.40. The average Bonchev–Trinajstić information content (AvgIpc) is 2.38. The second-order valence-corrected chi connectivity index (χ2v) is 5.49. The highest BCUT2D eigenvalue weighted by Crippen LogP contribution is 2.26. The number of anilines is 1. The van der Waals surface area contributed by atoms with Gasteiger partial charge in [-0.3, -0.25) is 14.8 Å². The number of nitrogens with zero attached hydrogens (tertiary/aromatic N) is 1. The van der Waals surface area contributed by atoms with E-state index in [9.17, 15) is 22.9 Å². The summed E-state index contributed by atoms with van der Waals surface area (Å²) in [7, 11) is -4.16. The molecule has 0 saturated carbocycles. The second kappa shape index (κ2) is 5.25. The summed E-state index contributed by atoms with van der Waals surface area (Å²) in [6.45, 7) is 0. The lowest BCUT2D eigenvalue weighted by atomic mass is 10.3. The third-order valence-electron chi connectivity index (χ3n) is 2.43. The van der Waals surface area contributed by atoms with Gasteiger partial charge in [-0.05, 0) is 24.3 Å². The third kappa shape index (κ3) is 2.91. The van der Waals surface area contributed by atoms with E-state index >= 15 is 0 Å². The van der Waals surface area contributed by atoms with Crippen molar-refractivity contribution >= 4 is 21.4 Å². The molecule has 1 N–H and O–H groups in total. The number of hydrogen-bond donors (Lipinski definition) is 1. The molecule has 0 spiro atoms. The molecule has 0 saturated heterocycles. The van der Waals surface area contributed by atoms with E-state index in [1.54, 1.807) is 18.2 Å². The minimum Gasteiger partial charge on any atom is -0.279 e. The Morgan fingerprint density at radius 2 is 1.75 bits per heavy atom. The van der Waals surface area contributed by atoms with Gasteiger partial charge >= 0.3 is 0 Å². The molecule has 0 aliphatic heterocycles. The normalized spacial score (nSPS) is 11.1. The van der Waals surface area contributed by atoms with Crippen molar-refractivity contribution in [3.8, 4) is 0 Å². The fourth-order valence-corrected chi connectivity index (χ4v) is 2.79. The zero-order valence-corrected chi connectivity index (χ0v) is 10.8. The summed E-state index contributed by atoms with van der Waals surface area (Å²) in [6.07, 6.45) is 0. The summed E-state index contributed by atoms with van der Waals surface area (Å²) in [5.74, 6) is -0.879. The van der Waals surface area contributed by atoms with Crippen molar-refractivity contribution in [2.24, 2.45) is 0 Å². The summed E-state index contributed by atoms with van der Waals surface area (Å²) in [4.78, 5) is 9.29. The summed E-state index contributed by atoms with van der Waals surface area (Å²) in [5, 5.41) is 10.8. The van der Waals surface area contributed by atoms with E-state index in [-0.39, 0.29) is 5.69 Å². The van der Waals surface area contributed by atoms with Crippen LogP contribution in [0.15, 0.2) is 53.4 Å². The number of benzene rings is 2. The van der Waals surface area contributed by atoms with E-state index in [1.165, 1.54) is 12.1 Å². The van der Waals surface area contributed by atoms with E-state index in [0.717, 1.165) is 12.1 Å². The van der Waals surface area contributed by atoms with Crippen molar-refractivity contribution in [2.75, 3.05) is 4.72 Å². The predicted molar refractivity (Wildman–Crippen MR) is 70.3 cm³/mol. The molecule has 2 aromatic rings.